The van der Waals surface area contributed by atoms with E-state index >= 15 is 0 Å². The van der Waals surface area contributed by atoms with Crippen molar-refractivity contribution >= 4 is 0 Å². The second-order valence-corrected chi connectivity index (χ2v) is 5.87. The highest BCUT2D eigenvalue weighted by Gasteiger charge is 2.15. The van der Waals surface area contributed by atoms with Gasteiger partial charge in [0.25, 0.3) is 0 Å². The van der Waals surface area contributed by atoms with Gasteiger partial charge in [-0.25, -0.2) is 8.78 Å². The van der Waals surface area contributed by atoms with Crippen LogP contribution in [0.25, 0.3) is 0 Å². The van der Waals surface area contributed by atoms with Gasteiger partial charge in [-0.05, 0) is 23.8 Å². The average molecular weight is 347 g/mol. The summed E-state index contributed by atoms with van der Waals surface area (Å²) in [4.78, 5) is 1.91. The molecule has 2 rings (SSSR count). The van der Waals surface area contributed by atoms with E-state index < -0.39 is 6.10 Å². The van der Waals surface area contributed by atoms with Crippen molar-refractivity contribution in [3.05, 3.63) is 83.9 Å². The Morgan fingerprint density at radius 2 is 1.80 bits per heavy atom. The average Bonchev–Trinajstić information content (AvgIpc) is 2.59. The molecule has 0 heterocycles. The van der Waals surface area contributed by atoms with Gasteiger partial charge in [0.2, 0.25) is 0 Å². The van der Waals surface area contributed by atoms with Crippen molar-refractivity contribution in [1.82, 2.24) is 4.90 Å². The molecular formula is C20H23F2NO2. The molecule has 0 spiro atoms. The van der Waals surface area contributed by atoms with Crippen LogP contribution in [0.3, 0.4) is 0 Å². The van der Waals surface area contributed by atoms with Gasteiger partial charge in [0, 0.05) is 25.2 Å². The van der Waals surface area contributed by atoms with Crippen LogP contribution in [0.1, 0.15) is 11.1 Å². The number of rotatable bonds is 10. The lowest BCUT2D eigenvalue weighted by molar-refractivity contribution is 0.0226. The van der Waals surface area contributed by atoms with Crippen LogP contribution in [0.15, 0.2) is 61.2 Å². The summed E-state index contributed by atoms with van der Waals surface area (Å²) >= 11 is 0. The Hall–Kier alpha value is -2.08. The summed E-state index contributed by atoms with van der Waals surface area (Å²) in [5.74, 6) is -0.591. The fourth-order valence-corrected chi connectivity index (χ4v) is 2.54. The maximum Gasteiger partial charge on any atom is 0.127 e. The van der Waals surface area contributed by atoms with Crippen molar-refractivity contribution in [3.8, 4) is 0 Å². The van der Waals surface area contributed by atoms with E-state index in [9.17, 15) is 13.9 Å². The number of halogens is 2. The van der Waals surface area contributed by atoms with Crippen LogP contribution in [0.5, 0.6) is 0 Å². The zero-order chi connectivity index (χ0) is 18.1. The molecule has 134 valence electrons. The molecule has 0 bridgehead atoms. The van der Waals surface area contributed by atoms with Gasteiger partial charge in [0.15, 0.2) is 0 Å². The Labute approximate surface area is 147 Å². The van der Waals surface area contributed by atoms with E-state index in [1.165, 1.54) is 18.2 Å². The molecule has 2 aromatic carbocycles. The summed E-state index contributed by atoms with van der Waals surface area (Å²) in [6.45, 7) is 5.20. The van der Waals surface area contributed by atoms with Crippen LogP contribution in [0, 0.1) is 11.6 Å². The summed E-state index contributed by atoms with van der Waals surface area (Å²) in [5.41, 5.74) is 1.43. The predicted molar refractivity (Wildman–Crippen MR) is 93.9 cm³/mol. The van der Waals surface area contributed by atoms with Crippen molar-refractivity contribution in [3.63, 3.8) is 0 Å². The van der Waals surface area contributed by atoms with Crippen molar-refractivity contribution in [2.75, 3.05) is 19.8 Å². The summed E-state index contributed by atoms with van der Waals surface area (Å²) in [6, 6.07) is 12.7. The quantitative estimate of drug-likeness (QED) is 0.527. The number of aliphatic hydroxyl groups is 1. The first-order valence-corrected chi connectivity index (χ1v) is 8.15. The maximum absolute atomic E-state index is 14.0. The molecule has 5 heteroatoms. The molecular weight excluding hydrogens is 324 g/mol. The SMILES string of the molecule is C=CCOC[C@@H](O)CN(Cc1ccc(F)cc1)Cc1ccccc1F. The van der Waals surface area contributed by atoms with Gasteiger partial charge in [0.1, 0.15) is 11.6 Å². The van der Waals surface area contributed by atoms with E-state index in [1.54, 1.807) is 36.4 Å². The molecule has 0 fully saturated rings. The molecule has 0 amide bonds. The third-order valence-electron chi connectivity index (χ3n) is 3.69. The summed E-state index contributed by atoms with van der Waals surface area (Å²) < 4.78 is 32.3. The summed E-state index contributed by atoms with van der Waals surface area (Å²) in [7, 11) is 0. The third-order valence-corrected chi connectivity index (χ3v) is 3.69. The third kappa shape index (κ3) is 6.74. The van der Waals surface area contributed by atoms with E-state index in [4.69, 9.17) is 4.74 Å². The molecule has 3 nitrogen and oxygen atoms in total. The number of hydrogen-bond acceptors (Lipinski definition) is 3. The van der Waals surface area contributed by atoms with Crippen molar-refractivity contribution in [2.45, 2.75) is 19.2 Å². The molecule has 0 aliphatic carbocycles. The molecule has 0 radical (unpaired) electrons. The molecule has 1 atom stereocenters. The van der Waals surface area contributed by atoms with E-state index in [1.807, 2.05) is 4.90 Å². The zero-order valence-electron chi connectivity index (χ0n) is 14.1. The lowest BCUT2D eigenvalue weighted by atomic mass is 10.1. The second-order valence-electron chi connectivity index (χ2n) is 5.87. The first-order chi connectivity index (χ1) is 12.1. The van der Waals surface area contributed by atoms with Gasteiger partial charge in [-0.3, -0.25) is 4.90 Å². The van der Waals surface area contributed by atoms with E-state index in [0.29, 0.717) is 31.8 Å². The smallest absolute Gasteiger partial charge is 0.127 e. The van der Waals surface area contributed by atoms with Crippen molar-refractivity contribution in [2.24, 2.45) is 0 Å². The fraction of sp³-hybridized carbons (Fsp3) is 0.300. The number of nitrogens with zero attached hydrogens (tertiary/aromatic N) is 1. The number of aliphatic hydroxyl groups excluding tert-OH is 1. The molecule has 0 aliphatic rings. The van der Waals surface area contributed by atoms with Gasteiger partial charge in [0.05, 0.1) is 19.3 Å². The summed E-state index contributed by atoms with van der Waals surface area (Å²) in [5, 5.41) is 10.2. The Morgan fingerprint density at radius 1 is 1.08 bits per heavy atom. The number of ether oxygens (including phenoxy) is 1. The lowest BCUT2D eigenvalue weighted by Gasteiger charge is -2.25. The molecule has 0 unspecified atom stereocenters. The Balaban J connectivity index is 2.05. The van der Waals surface area contributed by atoms with Crippen LogP contribution in [0.4, 0.5) is 8.78 Å². The zero-order valence-corrected chi connectivity index (χ0v) is 14.1. The van der Waals surface area contributed by atoms with Gasteiger partial charge >= 0.3 is 0 Å². The van der Waals surface area contributed by atoms with E-state index in [0.717, 1.165) is 5.56 Å². The Bertz CT molecular complexity index is 661. The van der Waals surface area contributed by atoms with Gasteiger partial charge in [-0.1, -0.05) is 36.4 Å². The molecule has 1 N–H and O–H groups in total. The van der Waals surface area contributed by atoms with E-state index in [2.05, 4.69) is 6.58 Å². The normalized spacial score (nSPS) is 12.3. The second kappa shape index (κ2) is 10.0. The number of hydrogen-bond donors (Lipinski definition) is 1. The predicted octanol–water partition coefficient (Wildman–Crippen LogP) is 3.53. The molecule has 0 saturated carbocycles. The highest BCUT2D eigenvalue weighted by Crippen LogP contribution is 2.14. The van der Waals surface area contributed by atoms with Gasteiger partial charge < -0.3 is 9.84 Å². The highest BCUT2D eigenvalue weighted by molar-refractivity contribution is 5.19. The monoisotopic (exact) mass is 347 g/mol. The lowest BCUT2D eigenvalue weighted by Crippen LogP contribution is -2.34. The first kappa shape index (κ1) is 19.2. The highest BCUT2D eigenvalue weighted by atomic mass is 19.1. The summed E-state index contributed by atoms with van der Waals surface area (Å²) in [6.07, 6.45) is 0.898. The van der Waals surface area contributed by atoms with Gasteiger partial charge in [-0.2, -0.15) is 0 Å². The van der Waals surface area contributed by atoms with Crippen molar-refractivity contribution < 1.29 is 18.6 Å². The fourth-order valence-electron chi connectivity index (χ4n) is 2.54. The molecule has 0 aromatic heterocycles. The molecule has 2 aromatic rings. The van der Waals surface area contributed by atoms with Crippen LogP contribution < -0.4 is 0 Å². The largest absolute Gasteiger partial charge is 0.389 e. The van der Waals surface area contributed by atoms with Crippen molar-refractivity contribution in [1.29, 1.82) is 0 Å². The van der Waals surface area contributed by atoms with Gasteiger partial charge in [-0.15, -0.1) is 6.58 Å². The minimum absolute atomic E-state index is 0.170. The van der Waals surface area contributed by atoms with E-state index in [-0.39, 0.29) is 18.2 Å². The Kier molecular flexibility index (Phi) is 7.73. The van der Waals surface area contributed by atoms with Crippen LogP contribution >= 0.6 is 0 Å². The molecule has 0 aliphatic heterocycles. The van der Waals surface area contributed by atoms with Crippen LogP contribution in [0.2, 0.25) is 0 Å². The topological polar surface area (TPSA) is 32.7 Å². The molecule has 25 heavy (non-hydrogen) atoms. The Morgan fingerprint density at radius 3 is 2.48 bits per heavy atom. The molecule has 0 saturated heterocycles. The first-order valence-electron chi connectivity index (χ1n) is 8.15. The number of benzene rings is 2. The van der Waals surface area contributed by atoms with Crippen LogP contribution in [-0.4, -0.2) is 35.9 Å². The maximum atomic E-state index is 14.0. The minimum Gasteiger partial charge on any atom is -0.389 e. The van der Waals surface area contributed by atoms with Crippen LogP contribution in [-0.2, 0) is 17.8 Å². The standard InChI is InChI=1S/C20H23F2NO2/c1-2-11-25-15-19(24)14-23(12-16-7-9-18(21)10-8-16)13-17-5-3-4-6-20(17)22/h2-10,19,24H,1,11-15H2/t19-/m0/s1. The minimum atomic E-state index is -0.716.